The van der Waals surface area contributed by atoms with Gasteiger partial charge in [-0.05, 0) is 19.4 Å². The van der Waals surface area contributed by atoms with E-state index in [9.17, 15) is 4.79 Å². The average Bonchev–Trinajstić information content (AvgIpc) is 2.05. The molecular formula is C8H15ClN2O2. The predicted octanol–water partition coefficient (Wildman–Crippen LogP) is -0.00160. The van der Waals surface area contributed by atoms with Gasteiger partial charge in [0.25, 0.3) is 0 Å². The Labute approximate surface area is 84.4 Å². The maximum atomic E-state index is 10.8. The zero-order valence-corrected chi connectivity index (χ0v) is 8.18. The fraction of sp³-hybridized carbons (Fsp3) is 0.625. The van der Waals surface area contributed by atoms with Crippen molar-refractivity contribution < 1.29 is 9.53 Å². The Bertz CT molecular complexity index is 179. The van der Waals surface area contributed by atoms with Crippen molar-refractivity contribution >= 4 is 18.4 Å². The lowest BCUT2D eigenvalue weighted by Crippen LogP contribution is -2.31. The molecule has 0 bridgehead atoms. The second-order valence-corrected chi connectivity index (χ2v) is 2.43. The highest BCUT2D eigenvalue weighted by Gasteiger charge is 2.13. The summed E-state index contributed by atoms with van der Waals surface area (Å²) in [5.74, 6) is -0.547. The van der Waals surface area contributed by atoms with Crippen LogP contribution < -0.4 is 11.5 Å². The van der Waals surface area contributed by atoms with Gasteiger partial charge in [-0.25, -0.2) is 4.79 Å². The highest BCUT2D eigenvalue weighted by molar-refractivity contribution is 5.85. The van der Waals surface area contributed by atoms with E-state index in [0.717, 1.165) is 12.8 Å². The number of carbonyl (C=O) groups excluding carboxylic acids is 1. The van der Waals surface area contributed by atoms with Crippen LogP contribution in [0.2, 0.25) is 0 Å². The van der Waals surface area contributed by atoms with Gasteiger partial charge in [0.2, 0.25) is 0 Å². The van der Waals surface area contributed by atoms with Crippen LogP contribution in [-0.2, 0) is 9.53 Å². The Kier molecular flexibility index (Phi) is 10.6. The second-order valence-electron chi connectivity index (χ2n) is 2.43. The third-order valence-corrected chi connectivity index (χ3v) is 1.43. The van der Waals surface area contributed by atoms with Crippen LogP contribution in [0.3, 0.4) is 0 Å². The average molecular weight is 207 g/mol. The Balaban J connectivity index is 0. The van der Waals surface area contributed by atoms with Gasteiger partial charge in [-0.15, -0.1) is 12.4 Å². The Morgan fingerprint density at radius 2 is 2.15 bits per heavy atom. The van der Waals surface area contributed by atoms with Gasteiger partial charge < -0.3 is 16.2 Å². The maximum Gasteiger partial charge on any atom is 0.336 e. The van der Waals surface area contributed by atoms with Crippen LogP contribution in [0, 0.1) is 12.5 Å². The zero-order valence-electron chi connectivity index (χ0n) is 7.36. The van der Waals surface area contributed by atoms with Crippen molar-refractivity contribution in [1.82, 2.24) is 0 Å². The zero-order chi connectivity index (χ0) is 9.40. The summed E-state index contributed by atoms with van der Waals surface area (Å²) in [4.78, 5) is 10.8. The molecule has 1 atom stereocenters. The summed E-state index contributed by atoms with van der Waals surface area (Å²) in [7, 11) is 0. The number of hydrogen-bond donors (Lipinski definition) is 2. The minimum absolute atomic E-state index is 0. The van der Waals surface area contributed by atoms with Crippen LogP contribution >= 0.6 is 12.4 Å². The van der Waals surface area contributed by atoms with E-state index in [1.807, 2.05) is 0 Å². The molecule has 0 aromatic carbocycles. The first kappa shape index (κ1) is 14.7. The van der Waals surface area contributed by atoms with Crippen LogP contribution in [0.15, 0.2) is 0 Å². The van der Waals surface area contributed by atoms with Crippen LogP contribution in [-0.4, -0.2) is 18.6 Å². The van der Waals surface area contributed by atoms with Crippen molar-refractivity contribution in [3.63, 3.8) is 0 Å². The number of nitrogens with two attached hydrogens (primary N) is 2. The number of rotatable bonds is 5. The molecule has 0 amide bonds. The van der Waals surface area contributed by atoms with E-state index in [-0.39, 0.29) is 12.4 Å². The number of unbranched alkanes of at least 4 members (excludes halogenated alkanes) is 1. The monoisotopic (exact) mass is 206 g/mol. The largest absolute Gasteiger partial charge is 0.371 e. The minimum atomic E-state index is -0.618. The summed E-state index contributed by atoms with van der Waals surface area (Å²) in [5, 5.41) is 0. The van der Waals surface area contributed by atoms with Crippen molar-refractivity contribution in [3.8, 4) is 12.5 Å². The lowest BCUT2D eigenvalue weighted by atomic mass is 10.1. The van der Waals surface area contributed by atoms with E-state index in [1.165, 1.54) is 0 Å². The smallest absolute Gasteiger partial charge is 0.336 e. The highest BCUT2D eigenvalue weighted by atomic mass is 35.5. The third-order valence-electron chi connectivity index (χ3n) is 1.43. The molecule has 4 nitrogen and oxygen atoms in total. The maximum absolute atomic E-state index is 10.8. The van der Waals surface area contributed by atoms with E-state index in [2.05, 4.69) is 4.74 Å². The first-order valence-corrected chi connectivity index (χ1v) is 3.84. The van der Waals surface area contributed by atoms with Gasteiger partial charge in [-0.3, -0.25) is 0 Å². The number of terminal acetylenes is 1. The van der Waals surface area contributed by atoms with Crippen LogP contribution in [0.5, 0.6) is 0 Å². The van der Waals surface area contributed by atoms with E-state index in [4.69, 9.17) is 17.9 Å². The Hall–Kier alpha value is -0.760. The molecule has 0 heterocycles. The Morgan fingerprint density at radius 3 is 2.62 bits per heavy atom. The van der Waals surface area contributed by atoms with Crippen molar-refractivity contribution in [2.75, 3.05) is 6.54 Å². The second kappa shape index (κ2) is 9.33. The topological polar surface area (TPSA) is 78.3 Å². The molecule has 0 spiro atoms. The van der Waals surface area contributed by atoms with Crippen molar-refractivity contribution in [1.29, 1.82) is 0 Å². The van der Waals surface area contributed by atoms with Crippen LogP contribution in [0.1, 0.15) is 19.3 Å². The molecule has 0 aromatic rings. The van der Waals surface area contributed by atoms with Crippen molar-refractivity contribution in [2.24, 2.45) is 11.5 Å². The summed E-state index contributed by atoms with van der Waals surface area (Å²) in [5.41, 5.74) is 10.7. The first-order chi connectivity index (χ1) is 5.72. The molecule has 76 valence electrons. The summed E-state index contributed by atoms with van der Waals surface area (Å²) < 4.78 is 4.27. The molecule has 5 heteroatoms. The molecule has 0 saturated heterocycles. The van der Waals surface area contributed by atoms with Crippen LogP contribution in [0.4, 0.5) is 0 Å². The molecule has 0 aromatic heterocycles. The SMILES string of the molecule is C#COC(=O)C(N)CCCCN.Cl. The number of esters is 1. The van der Waals surface area contributed by atoms with Gasteiger partial charge in [-0.1, -0.05) is 12.8 Å². The molecule has 0 radical (unpaired) electrons. The fourth-order valence-corrected chi connectivity index (χ4v) is 0.760. The third kappa shape index (κ3) is 7.60. The molecule has 0 aliphatic carbocycles. The number of halogens is 1. The van der Waals surface area contributed by atoms with Gasteiger partial charge in [-0.2, -0.15) is 0 Å². The van der Waals surface area contributed by atoms with Crippen LogP contribution in [0.25, 0.3) is 0 Å². The lowest BCUT2D eigenvalue weighted by molar-refractivity contribution is -0.138. The van der Waals surface area contributed by atoms with E-state index < -0.39 is 12.0 Å². The van der Waals surface area contributed by atoms with Gasteiger partial charge in [0.15, 0.2) is 0 Å². The highest BCUT2D eigenvalue weighted by Crippen LogP contribution is 1.99. The molecule has 4 N–H and O–H groups in total. The van der Waals surface area contributed by atoms with Gasteiger partial charge >= 0.3 is 5.97 Å². The normalized spacial score (nSPS) is 10.8. The van der Waals surface area contributed by atoms with E-state index in [1.54, 1.807) is 6.11 Å². The molecule has 0 aliphatic heterocycles. The lowest BCUT2D eigenvalue weighted by Gasteiger charge is -2.06. The van der Waals surface area contributed by atoms with Crippen molar-refractivity contribution in [3.05, 3.63) is 0 Å². The van der Waals surface area contributed by atoms with Crippen molar-refractivity contribution in [2.45, 2.75) is 25.3 Å². The molecule has 13 heavy (non-hydrogen) atoms. The minimum Gasteiger partial charge on any atom is -0.371 e. The Morgan fingerprint density at radius 1 is 1.54 bits per heavy atom. The molecule has 0 aliphatic rings. The summed E-state index contributed by atoms with van der Waals surface area (Å²) in [6, 6.07) is -0.618. The van der Waals surface area contributed by atoms with Gasteiger partial charge in [0.1, 0.15) is 12.1 Å². The van der Waals surface area contributed by atoms with Gasteiger partial charge in [0, 0.05) is 0 Å². The summed E-state index contributed by atoms with van der Waals surface area (Å²) >= 11 is 0. The molecular weight excluding hydrogens is 192 g/mol. The summed E-state index contributed by atoms with van der Waals surface area (Å²) in [6.45, 7) is 0.608. The molecule has 0 rings (SSSR count). The number of ether oxygens (including phenoxy) is 1. The van der Waals surface area contributed by atoms with Gasteiger partial charge in [0.05, 0.1) is 0 Å². The molecule has 0 fully saturated rings. The molecule has 0 saturated carbocycles. The van der Waals surface area contributed by atoms with E-state index >= 15 is 0 Å². The standard InChI is InChI=1S/C8H14N2O2.ClH/c1-2-12-8(11)7(10)5-3-4-6-9;/h1,7H,3-6,9-10H2;1H. The van der Waals surface area contributed by atoms with E-state index in [0.29, 0.717) is 13.0 Å². The predicted molar refractivity (Wildman–Crippen MR) is 53.1 cm³/mol. The molecule has 1 unspecified atom stereocenters. The first-order valence-electron chi connectivity index (χ1n) is 3.84. The quantitative estimate of drug-likeness (QED) is 0.377. The fourth-order valence-electron chi connectivity index (χ4n) is 0.760. The number of carbonyl (C=O) groups is 1. The number of hydrogen-bond acceptors (Lipinski definition) is 4. The summed E-state index contributed by atoms with van der Waals surface area (Å²) in [6.07, 6.45) is 8.78.